The lowest BCUT2D eigenvalue weighted by Crippen LogP contribution is -2.07. The molecule has 0 fully saturated rings. The van der Waals surface area contributed by atoms with Crippen molar-refractivity contribution in [2.45, 2.75) is 20.3 Å². The zero-order valence-corrected chi connectivity index (χ0v) is 21.0. The van der Waals surface area contributed by atoms with Crippen molar-refractivity contribution in [3.8, 4) is 33.8 Å². The minimum absolute atomic E-state index is 0.367. The molecular formula is C33H28O4. The van der Waals surface area contributed by atoms with E-state index in [1.165, 1.54) is 11.1 Å². The maximum Gasteiger partial charge on any atom is 0.338 e. The fraction of sp³-hybridized carbons (Fsp3) is 0.0909. The van der Waals surface area contributed by atoms with Gasteiger partial charge < -0.3 is 9.47 Å². The molecule has 4 aromatic rings. The van der Waals surface area contributed by atoms with Gasteiger partial charge in [0.15, 0.2) is 0 Å². The summed E-state index contributed by atoms with van der Waals surface area (Å²) >= 11 is 0. The zero-order valence-electron chi connectivity index (χ0n) is 21.0. The van der Waals surface area contributed by atoms with Crippen molar-refractivity contribution in [2.75, 3.05) is 0 Å². The quantitative estimate of drug-likeness (QED) is 0.146. The predicted octanol–water partition coefficient (Wildman–Crippen LogP) is 7.57. The van der Waals surface area contributed by atoms with Crippen molar-refractivity contribution in [1.29, 1.82) is 0 Å². The molecule has 4 nitrogen and oxygen atoms in total. The van der Waals surface area contributed by atoms with Gasteiger partial charge in [0, 0.05) is 11.1 Å². The molecule has 0 aliphatic carbocycles. The molecule has 4 rings (SSSR count). The Hall–Kier alpha value is -4.70. The first kappa shape index (κ1) is 25.4. The number of benzene rings is 4. The molecule has 0 amide bonds. The second-order valence-electron chi connectivity index (χ2n) is 8.96. The molecule has 0 bridgehead atoms. The Morgan fingerprint density at radius 1 is 0.514 bits per heavy atom. The summed E-state index contributed by atoms with van der Waals surface area (Å²) in [5, 5.41) is 0. The molecule has 4 heteroatoms. The van der Waals surface area contributed by atoms with E-state index in [9.17, 15) is 9.59 Å². The Morgan fingerprint density at radius 3 is 1.05 bits per heavy atom. The van der Waals surface area contributed by atoms with Crippen molar-refractivity contribution < 1.29 is 19.1 Å². The Labute approximate surface area is 217 Å². The maximum absolute atomic E-state index is 11.7. The molecule has 0 spiro atoms. The van der Waals surface area contributed by atoms with Gasteiger partial charge in [-0.15, -0.1) is 0 Å². The summed E-state index contributed by atoms with van der Waals surface area (Å²) < 4.78 is 10.5. The molecule has 184 valence electrons. The van der Waals surface area contributed by atoms with Crippen LogP contribution in [0.3, 0.4) is 0 Å². The van der Waals surface area contributed by atoms with Crippen molar-refractivity contribution in [3.63, 3.8) is 0 Å². The van der Waals surface area contributed by atoms with Crippen LogP contribution in [-0.2, 0) is 16.0 Å². The lowest BCUT2D eigenvalue weighted by Gasteiger charge is -2.08. The van der Waals surface area contributed by atoms with Crippen LogP contribution in [0.4, 0.5) is 0 Å². The Morgan fingerprint density at radius 2 is 0.784 bits per heavy atom. The average Bonchev–Trinajstić information content (AvgIpc) is 2.90. The summed E-state index contributed by atoms with van der Waals surface area (Å²) in [5.74, 6) is 0.146. The lowest BCUT2D eigenvalue weighted by atomic mass is 9.98. The molecule has 0 unspecified atom stereocenters. The van der Waals surface area contributed by atoms with E-state index in [4.69, 9.17) is 9.47 Å². The molecule has 0 aliphatic heterocycles. The molecule has 0 aliphatic rings. The summed E-state index contributed by atoms with van der Waals surface area (Å²) in [4.78, 5) is 23.3. The number of esters is 2. The molecule has 0 saturated heterocycles. The highest BCUT2D eigenvalue weighted by molar-refractivity contribution is 5.89. The summed E-state index contributed by atoms with van der Waals surface area (Å²) in [7, 11) is 0. The van der Waals surface area contributed by atoms with E-state index in [0.717, 1.165) is 28.7 Å². The van der Waals surface area contributed by atoms with Crippen molar-refractivity contribution in [2.24, 2.45) is 0 Å². The smallest absolute Gasteiger partial charge is 0.338 e. The van der Waals surface area contributed by atoms with Gasteiger partial charge in [-0.05, 0) is 77.9 Å². The molecule has 0 N–H and O–H groups in total. The monoisotopic (exact) mass is 488 g/mol. The van der Waals surface area contributed by atoms with Crippen LogP contribution in [-0.4, -0.2) is 11.9 Å². The van der Waals surface area contributed by atoms with Crippen molar-refractivity contribution >= 4 is 11.9 Å². The normalized spacial score (nSPS) is 10.4. The molecule has 4 aromatic carbocycles. The van der Waals surface area contributed by atoms with Crippen LogP contribution >= 0.6 is 0 Å². The fourth-order valence-electron chi connectivity index (χ4n) is 3.68. The van der Waals surface area contributed by atoms with Gasteiger partial charge in [0.2, 0.25) is 0 Å². The third-order valence-corrected chi connectivity index (χ3v) is 5.81. The molecular weight excluding hydrogens is 460 g/mol. The van der Waals surface area contributed by atoms with E-state index >= 15 is 0 Å². The Kier molecular flexibility index (Phi) is 7.80. The third kappa shape index (κ3) is 6.71. The molecule has 0 heterocycles. The summed E-state index contributed by atoms with van der Waals surface area (Å²) in [6.45, 7) is 10.4. The minimum Gasteiger partial charge on any atom is -0.423 e. The van der Waals surface area contributed by atoms with E-state index in [2.05, 4.69) is 61.7 Å². The van der Waals surface area contributed by atoms with E-state index in [0.29, 0.717) is 22.6 Å². The molecule has 0 aromatic heterocycles. The zero-order chi connectivity index (χ0) is 26.4. The SMILES string of the molecule is C=C(C)C(=O)Oc1ccc(-c2ccc(Cc3ccc(-c4ccc(OC(=O)C(=C)C)cc4)cc3)cc2)cc1. The topological polar surface area (TPSA) is 52.6 Å². The summed E-state index contributed by atoms with van der Waals surface area (Å²) in [6, 6.07) is 31.8. The second-order valence-corrected chi connectivity index (χ2v) is 8.96. The minimum atomic E-state index is -0.426. The van der Waals surface area contributed by atoms with Gasteiger partial charge in [-0.2, -0.15) is 0 Å². The number of hydrogen-bond acceptors (Lipinski definition) is 4. The average molecular weight is 489 g/mol. The molecule has 0 saturated carbocycles. The first-order chi connectivity index (χ1) is 17.8. The number of carbonyl (C=O) groups excluding carboxylic acids is 2. The van der Waals surface area contributed by atoms with Gasteiger partial charge in [0.05, 0.1) is 0 Å². The molecule has 37 heavy (non-hydrogen) atoms. The van der Waals surface area contributed by atoms with Gasteiger partial charge in [0.25, 0.3) is 0 Å². The van der Waals surface area contributed by atoms with E-state index in [1.807, 2.05) is 24.3 Å². The van der Waals surface area contributed by atoms with E-state index in [1.54, 1.807) is 38.1 Å². The number of hydrogen-bond donors (Lipinski definition) is 0. The summed E-state index contributed by atoms with van der Waals surface area (Å²) in [6.07, 6.45) is 0.826. The van der Waals surface area contributed by atoms with E-state index < -0.39 is 11.9 Å². The van der Waals surface area contributed by atoms with Crippen molar-refractivity contribution in [1.82, 2.24) is 0 Å². The maximum atomic E-state index is 11.7. The van der Waals surface area contributed by atoms with Crippen LogP contribution < -0.4 is 9.47 Å². The van der Waals surface area contributed by atoms with Gasteiger partial charge in [-0.1, -0.05) is 86.0 Å². The number of carbonyl (C=O) groups is 2. The van der Waals surface area contributed by atoms with Gasteiger partial charge in [-0.25, -0.2) is 9.59 Å². The first-order valence-electron chi connectivity index (χ1n) is 11.9. The summed E-state index contributed by atoms with van der Waals surface area (Å²) in [5.41, 5.74) is 7.44. The number of ether oxygens (including phenoxy) is 2. The molecule has 0 radical (unpaired) electrons. The predicted molar refractivity (Wildman–Crippen MR) is 147 cm³/mol. The highest BCUT2D eigenvalue weighted by Gasteiger charge is 2.07. The first-order valence-corrected chi connectivity index (χ1v) is 11.9. The Bertz CT molecular complexity index is 1310. The van der Waals surface area contributed by atoms with Crippen LogP contribution in [0.25, 0.3) is 22.3 Å². The highest BCUT2D eigenvalue weighted by atomic mass is 16.5. The van der Waals surface area contributed by atoms with E-state index in [-0.39, 0.29) is 0 Å². The lowest BCUT2D eigenvalue weighted by molar-refractivity contribution is -0.130. The Balaban J connectivity index is 1.37. The van der Waals surface area contributed by atoms with Crippen LogP contribution in [0.15, 0.2) is 121 Å². The van der Waals surface area contributed by atoms with Gasteiger partial charge >= 0.3 is 11.9 Å². The van der Waals surface area contributed by atoms with Crippen LogP contribution in [0.1, 0.15) is 25.0 Å². The van der Waals surface area contributed by atoms with Crippen LogP contribution in [0.5, 0.6) is 11.5 Å². The molecule has 0 atom stereocenters. The largest absolute Gasteiger partial charge is 0.423 e. The standard InChI is InChI=1S/C33H28O4/c1-22(2)32(34)36-30-17-13-28(14-18-30)26-9-5-24(6-10-26)21-25-7-11-27(12-8-25)29-15-19-31(20-16-29)37-33(35)23(3)4/h5-20H,1,3,21H2,2,4H3. The number of rotatable bonds is 8. The third-order valence-electron chi connectivity index (χ3n) is 5.81. The van der Waals surface area contributed by atoms with Crippen LogP contribution in [0.2, 0.25) is 0 Å². The second kappa shape index (κ2) is 11.4. The van der Waals surface area contributed by atoms with Gasteiger partial charge in [-0.3, -0.25) is 0 Å². The van der Waals surface area contributed by atoms with Crippen LogP contribution in [0, 0.1) is 0 Å². The highest BCUT2D eigenvalue weighted by Crippen LogP contribution is 2.26. The van der Waals surface area contributed by atoms with Crippen molar-refractivity contribution in [3.05, 3.63) is 132 Å². The van der Waals surface area contributed by atoms with Gasteiger partial charge in [0.1, 0.15) is 11.5 Å². The fourth-order valence-corrected chi connectivity index (χ4v) is 3.68.